The second-order valence-electron chi connectivity index (χ2n) is 8.71. The highest BCUT2D eigenvalue weighted by atomic mass is 32.2. The van der Waals surface area contributed by atoms with Gasteiger partial charge in [0.05, 0.1) is 6.04 Å². The van der Waals surface area contributed by atoms with E-state index in [0.29, 0.717) is 12.2 Å². The molecule has 12 heteroatoms. The maximum atomic E-state index is 13.0. The Bertz CT molecular complexity index is 688. The Morgan fingerprint density at radius 2 is 1.36 bits per heavy atom. The van der Waals surface area contributed by atoms with Crippen molar-refractivity contribution in [1.29, 1.82) is 0 Å². The van der Waals surface area contributed by atoms with E-state index in [0.717, 1.165) is 0 Å². The van der Waals surface area contributed by atoms with Crippen LogP contribution < -0.4 is 27.4 Å². The standard InChI is InChI=1S/C21H39N5O6S/c1-11(2)10-15(19(29)25-14(21(31)32)6-7-16(22)27)26-18(28)13(8-9-33-5)24-20(30)17(23)12(3)4/h11-15,17H,6-10,23H2,1-5H3,(H2,22,27)(H,24,30)(H,25,29)(H,26,28)(H,31,32). The zero-order valence-electron chi connectivity index (χ0n) is 20.1. The number of thioether (sulfide) groups is 1. The number of nitrogens with one attached hydrogen (secondary N) is 3. The topological polar surface area (TPSA) is 194 Å². The van der Waals surface area contributed by atoms with Crippen LogP contribution in [0.15, 0.2) is 0 Å². The Kier molecular flexibility index (Phi) is 14.4. The Balaban J connectivity index is 5.47. The van der Waals surface area contributed by atoms with Crippen LogP contribution in [-0.4, -0.2) is 70.9 Å². The van der Waals surface area contributed by atoms with Crippen molar-refractivity contribution in [2.75, 3.05) is 12.0 Å². The third kappa shape index (κ3) is 12.5. The van der Waals surface area contributed by atoms with E-state index in [1.54, 1.807) is 13.8 Å². The first-order valence-electron chi connectivity index (χ1n) is 11.0. The zero-order valence-corrected chi connectivity index (χ0v) is 20.9. The summed E-state index contributed by atoms with van der Waals surface area (Å²) in [4.78, 5) is 60.6. The number of rotatable bonds is 16. The van der Waals surface area contributed by atoms with Gasteiger partial charge in [0.25, 0.3) is 0 Å². The minimum atomic E-state index is -1.33. The van der Waals surface area contributed by atoms with E-state index < -0.39 is 53.8 Å². The summed E-state index contributed by atoms with van der Waals surface area (Å²) < 4.78 is 0. The molecule has 0 aromatic rings. The monoisotopic (exact) mass is 489 g/mol. The second-order valence-corrected chi connectivity index (χ2v) is 9.69. The molecular formula is C21H39N5O6S. The molecule has 0 bridgehead atoms. The summed E-state index contributed by atoms with van der Waals surface area (Å²) in [6, 6.07) is -4.04. The van der Waals surface area contributed by atoms with Crippen molar-refractivity contribution in [3.63, 3.8) is 0 Å². The second kappa shape index (κ2) is 15.5. The lowest BCUT2D eigenvalue weighted by Gasteiger charge is -2.26. The van der Waals surface area contributed by atoms with Crippen LogP contribution in [0.2, 0.25) is 0 Å². The summed E-state index contributed by atoms with van der Waals surface area (Å²) in [5.74, 6) is -3.24. The van der Waals surface area contributed by atoms with Crippen molar-refractivity contribution in [3.8, 4) is 0 Å². The molecule has 8 N–H and O–H groups in total. The van der Waals surface area contributed by atoms with Crippen LogP contribution in [-0.2, 0) is 24.0 Å². The number of carbonyl (C=O) groups is 5. The van der Waals surface area contributed by atoms with Gasteiger partial charge in [0, 0.05) is 6.42 Å². The molecule has 0 aliphatic heterocycles. The molecule has 0 spiro atoms. The van der Waals surface area contributed by atoms with E-state index in [2.05, 4.69) is 16.0 Å². The van der Waals surface area contributed by atoms with Crippen molar-refractivity contribution in [2.24, 2.45) is 23.3 Å². The van der Waals surface area contributed by atoms with E-state index in [-0.39, 0.29) is 31.1 Å². The van der Waals surface area contributed by atoms with Gasteiger partial charge < -0.3 is 32.5 Å². The molecule has 0 fully saturated rings. The van der Waals surface area contributed by atoms with Gasteiger partial charge in [-0.1, -0.05) is 27.7 Å². The first kappa shape index (κ1) is 30.7. The fourth-order valence-corrected chi connectivity index (χ4v) is 3.34. The fourth-order valence-electron chi connectivity index (χ4n) is 2.87. The number of nitrogens with two attached hydrogens (primary N) is 2. The zero-order chi connectivity index (χ0) is 25.7. The van der Waals surface area contributed by atoms with Gasteiger partial charge in [-0.3, -0.25) is 19.2 Å². The van der Waals surface area contributed by atoms with Crippen LogP contribution in [0.25, 0.3) is 0 Å². The number of aliphatic carboxylic acids is 1. The summed E-state index contributed by atoms with van der Waals surface area (Å²) in [6.07, 6.45) is 2.06. The average Bonchev–Trinajstić information content (AvgIpc) is 2.71. The minimum Gasteiger partial charge on any atom is -0.480 e. The molecule has 0 aliphatic carbocycles. The number of hydrogen-bond donors (Lipinski definition) is 6. The third-order valence-corrected chi connectivity index (χ3v) is 5.54. The number of primary amides is 1. The van der Waals surface area contributed by atoms with Crippen LogP contribution >= 0.6 is 11.8 Å². The molecule has 0 saturated carbocycles. The highest BCUT2D eigenvalue weighted by Crippen LogP contribution is 2.09. The van der Waals surface area contributed by atoms with Crippen LogP contribution in [0.5, 0.6) is 0 Å². The largest absolute Gasteiger partial charge is 0.480 e. The predicted molar refractivity (Wildman–Crippen MR) is 127 cm³/mol. The fraction of sp³-hybridized carbons (Fsp3) is 0.762. The number of hydrogen-bond acceptors (Lipinski definition) is 7. The maximum absolute atomic E-state index is 13.0. The Morgan fingerprint density at radius 1 is 0.848 bits per heavy atom. The first-order valence-corrected chi connectivity index (χ1v) is 12.4. The van der Waals surface area contributed by atoms with E-state index in [9.17, 15) is 29.1 Å². The Labute approximate surface area is 199 Å². The van der Waals surface area contributed by atoms with Crippen LogP contribution in [0.3, 0.4) is 0 Å². The van der Waals surface area contributed by atoms with E-state index in [1.165, 1.54) is 11.8 Å². The molecular weight excluding hydrogens is 450 g/mol. The summed E-state index contributed by atoms with van der Waals surface area (Å²) in [6.45, 7) is 7.29. The number of carbonyl (C=O) groups excluding carboxylic acids is 4. The Hall–Kier alpha value is -2.34. The first-order chi connectivity index (χ1) is 15.3. The molecule has 0 heterocycles. The molecule has 33 heavy (non-hydrogen) atoms. The predicted octanol–water partition coefficient (Wildman–Crippen LogP) is -0.427. The molecule has 0 radical (unpaired) electrons. The lowest BCUT2D eigenvalue weighted by atomic mass is 10.0. The van der Waals surface area contributed by atoms with Crippen molar-refractivity contribution in [1.82, 2.24) is 16.0 Å². The molecule has 0 aromatic heterocycles. The SMILES string of the molecule is CSCCC(NC(=O)C(N)C(C)C)C(=O)NC(CC(C)C)C(=O)NC(CCC(N)=O)C(=O)O. The van der Waals surface area contributed by atoms with Gasteiger partial charge in [-0.2, -0.15) is 11.8 Å². The van der Waals surface area contributed by atoms with Gasteiger partial charge in [-0.05, 0) is 43.1 Å². The lowest BCUT2D eigenvalue weighted by molar-refractivity contribution is -0.142. The van der Waals surface area contributed by atoms with E-state index in [1.807, 2.05) is 20.1 Å². The molecule has 4 unspecified atom stereocenters. The van der Waals surface area contributed by atoms with Gasteiger partial charge in [0.2, 0.25) is 23.6 Å². The average molecular weight is 490 g/mol. The van der Waals surface area contributed by atoms with Gasteiger partial charge in [0.15, 0.2) is 0 Å². The summed E-state index contributed by atoms with van der Waals surface area (Å²) in [5, 5.41) is 17.0. The van der Waals surface area contributed by atoms with Crippen LogP contribution in [0, 0.1) is 11.8 Å². The van der Waals surface area contributed by atoms with Crippen molar-refractivity contribution >= 4 is 41.4 Å². The third-order valence-electron chi connectivity index (χ3n) is 4.90. The van der Waals surface area contributed by atoms with Gasteiger partial charge in [0.1, 0.15) is 18.1 Å². The quantitative estimate of drug-likeness (QED) is 0.168. The number of carboxylic acid groups (broad SMARTS) is 1. The van der Waals surface area contributed by atoms with Crippen molar-refractivity contribution in [2.45, 2.75) is 77.5 Å². The van der Waals surface area contributed by atoms with Crippen molar-refractivity contribution < 1.29 is 29.1 Å². The van der Waals surface area contributed by atoms with E-state index in [4.69, 9.17) is 11.5 Å². The van der Waals surface area contributed by atoms with Crippen molar-refractivity contribution in [3.05, 3.63) is 0 Å². The summed E-state index contributed by atoms with van der Waals surface area (Å²) in [5.41, 5.74) is 11.0. The number of amides is 4. The highest BCUT2D eigenvalue weighted by Gasteiger charge is 2.31. The van der Waals surface area contributed by atoms with Gasteiger partial charge >= 0.3 is 5.97 Å². The van der Waals surface area contributed by atoms with Gasteiger partial charge in [-0.25, -0.2) is 4.79 Å². The summed E-state index contributed by atoms with van der Waals surface area (Å²) >= 11 is 1.50. The number of carboxylic acids is 1. The molecule has 4 amide bonds. The molecule has 0 rings (SSSR count). The van der Waals surface area contributed by atoms with E-state index >= 15 is 0 Å². The highest BCUT2D eigenvalue weighted by molar-refractivity contribution is 7.98. The molecule has 0 aliphatic rings. The molecule has 190 valence electrons. The minimum absolute atomic E-state index is 0.00329. The van der Waals surface area contributed by atoms with Gasteiger partial charge in [-0.15, -0.1) is 0 Å². The molecule has 11 nitrogen and oxygen atoms in total. The maximum Gasteiger partial charge on any atom is 0.326 e. The normalized spacial score (nSPS) is 14.8. The Morgan fingerprint density at radius 3 is 1.82 bits per heavy atom. The lowest BCUT2D eigenvalue weighted by Crippen LogP contribution is -2.57. The molecule has 0 aromatic carbocycles. The molecule has 4 atom stereocenters. The van der Waals surface area contributed by atoms with Crippen LogP contribution in [0.4, 0.5) is 0 Å². The summed E-state index contributed by atoms with van der Waals surface area (Å²) in [7, 11) is 0. The smallest absolute Gasteiger partial charge is 0.326 e. The molecule has 0 saturated heterocycles. The van der Waals surface area contributed by atoms with Crippen LogP contribution in [0.1, 0.15) is 53.4 Å².